The summed E-state index contributed by atoms with van der Waals surface area (Å²) in [6.45, 7) is 2.00. The third-order valence-electron chi connectivity index (χ3n) is 3.29. The first-order chi connectivity index (χ1) is 12.1. The zero-order valence-electron chi connectivity index (χ0n) is 14.2. The van der Waals surface area contributed by atoms with Crippen molar-refractivity contribution in [3.8, 4) is 17.2 Å². The molecular formula is C19H19ClO5. The maximum Gasteiger partial charge on any atom is 0.341 e. The molecule has 0 saturated heterocycles. The van der Waals surface area contributed by atoms with E-state index in [1.807, 2.05) is 0 Å². The molecule has 0 heterocycles. The fourth-order valence-electron chi connectivity index (χ4n) is 2.05. The van der Waals surface area contributed by atoms with Crippen molar-refractivity contribution in [2.75, 3.05) is 20.8 Å². The zero-order chi connectivity index (χ0) is 18.2. The average molecular weight is 363 g/mol. The molecule has 0 aliphatic carbocycles. The highest BCUT2D eigenvalue weighted by Gasteiger charge is 2.14. The summed E-state index contributed by atoms with van der Waals surface area (Å²) < 4.78 is 21.1. The quantitative estimate of drug-likeness (QED) is 0.416. The van der Waals surface area contributed by atoms with Crippen LogP contribution in [0.15, 0.2) is 48.7 Å². The van der Waals surface area contributed by atoms with Gasteiger partial charge in [0.15, 0.2) is 0 Å². The number of esters is 1. The van der Waals surface area contributed by atoms with Crippen LogP contribution in [0.3, 0.4) is 0 Å². The number of ether oxygens (including phenoxy) is 4. The van der Waals surface area contributed by atoms with Crippen LogP contribution in [0.25, 0.3) is 5.57 Å². The third kappa shape index (κ3) is 5.16. The fraction of sp³-hybridized carbons (Fsp3) is 0.211. The third-order valence-corrected chi connectivity index (χ3v) is 3.54. The first-order valence-corrected chi connectivity index (χ1v) is 7.98. The van der Waals surface area contributed by atoms with Crippen molar-refractivity contribution in [1.29, 1.82) is 0 Å². The van der Waals surface area contributed by atoms with E-state index in [0.29, 0.717) is 27.8 Å². The van der Waals surface area contributed by atoms with Gasteiger partial charge in [-0.05, 0) is 24.6 Å². The molecule has 25 heavy (non-hydrogen) atoms. The van der Waals surface area contributed by atoms with Crippen LogP contribution >= 0.6 is 11.6 Å². The van der Waals surface area contributed by atoms with Crippen molar-refractivity contribution in [3.05, 3.63) is 59.3 Å². The lowest BCUT2D eigenvalue weighted by atomic mass is 10.1. The first-order valence-electron chi connectivity index (χ1n) is 7.60. The van der Waals surface area contributed by atoms with Gasteiger partial charge in [-0.2, -0.15) is 0 Å². The van der Waals surface area contributed by atoms with E-state index in [2.05, 4.69) is 0 Å². The Hall–Kier alpha value is -2.66. The second kappa shape index (κ2) is 8.99. The van der Waals surface area contributed by atoms with E-state index in [-0.39, 0.29) is 12.2 Å². The Labute approximate surface area is 151 Å². The Balaban J connectivity index is 2.34. The number of halogens is 1. The minimum atomic E-state index is -0.486. The minimum absolute atomic E-state index is 0.261. The summed E-state index contributed by atoms with van der Waals surface area (Å²) in [5.41, 5.74) is 0.915. The predicted molar refractivity (Wildman–Crippen MR) is 96.2 cm³/mol. The van der Waals surface area contributed by atoms with E-state index >= 15 is 0 Å². The number of hydrogen-bond donors (Lipinski definition) is 0. The fourth-order valence-corrected chi connectivity index (χ4v) is 2.17. The number of rotatable bonds is 7. The van der Waals surface area contributed by atoms with Gasteiger partial charge in [0.1, 0.15) is 29.1 Å². The van der Waals surface area contributed by atoms with Crippen LogP contribution in [0.5, 0.6) is 17.2 Å². The molecule has 0 aromatic heterocycles. The molecule has 0 aliphatic rings. The summed E-state index contributed by atoms with van der Waals surface area (Å²) in [7, 11) is 3.10. The summed E-state index contributed by atoms with van der Waals surface area (Å²) in [6.07, 6.45) is 1.34. The highest BCUT2D eigenvalue weighted by atomic mass is 35.5. The van der Waals surface area contributed by atoms with Gasteiger partial charge < -0.3 is 18.9 Å². The SMILES string of the molecule is CCOC(=O)/C(=C/Oc1cc(OC)cc(OC)c1)c1ccc(Cl)cc1. The molecule has 0 aliphatic heterocycles. The molecule has 0 N–H and O–H groups in total. The molecule has 0 bridgehead atoms. The van der Waals surface area contributed by atoms with Gasteiger partial charge in [0.2, 0.25) is 0 Å². The van der Waals surface area contributed by atoms with Crippen LogP contribution in [0, 0.1) is 0 Å². The molecule has 0 amide bonds. The highest BCUT2D eigenvalue weighted by Crippen LogP contribution is 2.28. The Morgan fingerprint density at radius 3 is 2.08 bits per heavy atom. The lowest BCUT2D eigenvalue weighted by Crippen LogP contribution is -2.08. The minimum Gasteiger partial charge on any atom is -0.496 e. The molecule has 0 spiro atoms. The van der Waals surface area contributed by atoms with Crippen molar-refractivity contribution < 1.29 is 23.7 Å². The summed E-state index contributed by atoms with van der Waals surface area (Å²) in [6, 6.07) is 11.9. The summed E-state index contributed by atoms with van der Waals surface area (Å²) in [5.74, 6) is 1.13. The number of hydrogen-bond acceptors (Lipinski definition) is 5. The molecule has 132 valence electrons. The zero-order valence-corrected chi connectivity index (χ0v) is 15.0. The van der Waals surface area contributed by atoms with Crippen LogP contribution in [0.4, 0.5) is 0 Å². The van der Waals surface area contributed by atoms with E-state index in [9.17, 15) is 4.79 Å². The Bertz CT molecular complexity index is 731. The Morgan fingerprint density at radius 2 is 1.56 bits per heavy atom. The maximum absolute atomic E-state index is 12.2. The van der Waals surface area contributed by atoms with E-state index in [4.69, 9.17) is 30.5 Å². The molecule has 6 heteroatoms. The molecule has 0 saturated carbocycles. The van der Waals surface area contributed by atoms with Crippen LogP contribution in [-0.4, -0.2) is 26.8 Å². The standard InChI is InChI=1S/C19H19ClO5/c1-4-24-19(21)18(13-5-7-14(20)8-6-13)12-25-17-10-15(22-2)9-16(11-17)23-3/h5-12H,4H2,1-3H3/b18-12+. The van der Waals surface area contributed by atoms with Gasteiger partial charge in [-0.1, -0.05) is 23.7 Å². The number of methoxy groups -OCH3 is 2. The molecule has 0 unspecified atom stereocenters. The summed E-state index contributed by atoms with van der Waals surface area (Å²) in [5, 5.41) is 0.574. The van der Waals surface area contributed by atoms with Gasteiger partial charge >= 0.3 is 5.97 Å². The molecule has 0 radical (unpaired) electrons. The van der Waals surface area contributed by atoms with Crippen molar-refractivity contribution in [3.63, 3.8) is 0 Å². The van der Waals surface area contributed by atoms with E-state index < -0.39 is 5.97 Å². The maximum atomic E-state index is 12.2. The lowest BCUT2D eigenvalue weighted by molar-refractivity contribution is -0.136. The first kappa shape index (κ1) is 18.7. The van der Waals surface area contributed by atoms with Crippen molar-refractivity contribution >= 4 is 23.1 Å². The molecule has 0 fully saturated rings. The second-order valence-electron chi connectivity index (χ2n) is 4.93. The Morgan fingerprint density at radius 1 is 1.00 bits per heavy atom. The monoisotopic (exact) mass is 362 g/mol. The van der Waals surface area contributed by atoms with Gasteiger partial charge in [-0.3, -0.25) is 0 Å². The second-order valence-corrected chi connectivity index (χ2v) is 5.36. The molecule has 2 rings (SSSR count). The molecule has 2 aromatic rings. The number of carbonyl (C=O) groups excluding carboxylic acids is 1. The smallest absolute Gasteiger partial charge is 0.341 e. The van der Waals surface area contributed by atoms with E-state index in [1.54, 1.807) is 63.6 Å². The van der Waals surface area contributed by atoms with Gasteiger partial charge in [0.25, 0.3) is 0 Å². The molecule has 2 aromatic carbocycles. The highest BCUT2D eigenvalue weighted by molar-refractivity contribution is 6.30. The molecular weight excluding hydrogens is 344 g/mol. The molecule has 5 nitrogen and oxygen atoms in total. The summed E-state index contributed by atoms with van der Waals surface area (Å²) in [4.78, 5) is 12.2. The van der Waals surface area contributed by atoms with Crippen LogP contribution < -0.4 is 14.2 Å². The van der Waals surface area contributed by atoms with Gasteiger partial charge in [0, 0.05) is 23.2 Å². The van der Waals surface area contributed by atoms with Crippen molar-refractivity contribution in [1.82, 2.24) is 0 Å². The average Bonchev–Trinajstić information content (AvgIpc) is 2.63. The van der Waals surface area contributed by atoms with E-state index in [0.717, 1.165) is 0 Å². The lowest BCUT2D eigenvalue weighted by Gasteiger charge is -2.10. The topological polar surface area (TPSA) is 54.0 Å². The summed E-state index contributed by atoms with van der Waals surface area (Å²) >= 11 is 5.90. The van der Waals surface area contributed by atoms with Gasteiger partial charge in [0.05, 0.1) is 20.8 Å². The van der Waals surface area contributed by atoms with Crippen molar-refractivity contribution in [2.45, 2.75) is 6.92 Å². The number of carbonyl (C=O) groups is 1. The molecule has 0 atom stereocenters. The van der Waals surface area contributed by atoms with Gasteiger partial charge in [-0.15, -0.1) is 0 Å². The van der Waals surface area contributed by atoms with Crippen LogP contribution in [-0.2, 0) is 9.53 Å². The predicted octanol–water partition coefficient (Wildman–Crippen LogP) is 4.34. The van der Waals surface area contributed by atoms with Crippen molar-refractivity contribution in [2.24, 2.45) is 0 Å². The number of benzene rings is 2. The van der Waals surface area contributed by atoms with Gasteiger partial charge in [-0.25, -0.2) is 4.79 Å². The van der Waals surface area contributed by atoms with Crippen LogP contribution in [0.2, 0.25) is 5.02 Å². The van der Waals surface area contributed by atoms with Crippen LogP contribution in [0.1, 0.15) is 12.5 Å². The Kier molecular flexibility index (Phi) is 6.71. The normalized spacial score (nSPS) is 11.0. The largest absolute Gasteiger partial charge is 0.496 e. The van der Waals surface area contributed by atoms with E-state index in [1.165, 1.54) is 6.26 Å².